The Kier molecular flexibility index (Phi) is 9.02. The Bertz CT molecular complexity index is 1260. The van der Waals surface area contributed by atoms with Crippen LogP contribution in [-0.4, -0.2) is 27.9 Å². The number of amides is 2. The maximum absolute atomic E-state index is 13.5. The summed E-state index contributed by atoms with van der Waals surface area (Å²) in [7, 11) is 0. The first-order valence-electron chi connectivity index (χ1n) is 11.8. The van der Waals surface area contributed by atoms with Crippen LogP contribution < -0.4 is 27.2 Å². The fraction of sp³-hybridized carbons (Fsp3) is 0.360. The molecule has 4 N–H and O–H groups in total. The molecule has 2 amide bonds. The summed E-state index contributed by atoms with van der Waals surface area (Å²) in [4.78, 5) is 55.2. The molecule has 186 valence electrons. The van der Waals surface area contributed by atoms with Crippen LogP contribution in [0.3, 0.4) is 0 Å². The molecule has 0 aliphatic carbocycles. The number of nitrogens with two attached hydrogens (primary N) is 1. The fourth-order valence-electron chi connectivity index (χ4n) is 3.66. The molecule has 2 aromatic heterocycles. The quantitative estimate of drug-likeness (QED) is 0.344. The van der Waals surface area contributed by atoms with Crippen LogP contribution in [0.15, 0.2) is 51.4 Å². The van der Waals surface area contributed by atoms with E-state index >= 15 is 0 Å². The number of hydrogen-bond donors (Lipinski definition) is 3. The van der Waals surface area contributed by atoms with Gasteiger partial charge in [0.15, 0.2) is 5.69 Å². The highest BCUT2D eigenvalue weighted by Crippen LogP contribution is 2.22. The van der Waals surface area contributed by atoms with Gasteiger partial charge in [0.2, 0.25) is 0 Å². The summed E-state index contributed by atoms with van der Waals surface area (Å²) in [6.07, 6.45) is 4.02. The number of aromatic amines is 1. The molecule has 35 heavy (non-hydrogen) atoms. The lowest BCUT2D eigenvalue weighted by Gasteiger charge is -2.25. The van der Waals surface area contributed by atoms with E-state index in [0.717, 1.165) is 19.3 Å². The maximum Gasteiger partial charge on any atom is 0.330 e. The molecule has 0 unspecified atom stereocenters. The van der Waals surface area contributed by atoms with Gasteiger partial charge in [-0.25, -0.2) is 4.79 Å². The van der Waals surface area contributed by atoms with Crippen molar-refractivity contribution in [3.8, 4) is 0 Å². The first-order chi connectivity index (χ1) is 16.9. The van der Waals surface area contributed by atoms with Gasteiger partial charge >= 0.3 is 5.69 Å². The van der Waals surface area contributed by atoms with Gasteiger partial charge in [-0.05, 0) is 48.6 Å². The molecule has 0 aliphatic rings. The average molecular weight is 498 g/mol. The summed E-state index contributed by atoms with van der Waals surface area (Å²) in [6.45, 7) is 4.66. The molecule has 1 aromatic carbocycles. The van der Waals surface area contributed by atoms with Crippen molar-refractivity contribution in [1.29, 1.82) is 0 Å². The van der Waals surface area contributed by atoms with Gasteiger partial charge in [-0.2, -0.15) is 0 Å². The fourth-order valence-corrected chi connectivity index (χ4v) is 4.28. The standard InChI is InChI=1S/C25H31N5O4S/c1-3-5-7-15-29(20-21(26)30(14-6-4-2)25(34)28-23(20)32)24(33)17-10-12-18(13-11-17)27-22(31)19-9-8-16-35-19/h8-13,16H,3-7,14-15,26H2,1-2H3,(H,27,31)(H,28,32,34). The number of nitrogens with one attached hydrogen (secondary N) is 2. The second-order valence-corrected chi connectivity index (χ2v) is 9.12. The lowest BCUT2D eigenvalue weighted by Crippen LogP contribution is -2.41. The van der Waals surface area contributed by atoms with E-state index in [9.17, 15) is 19.2 Å². The van der Waals surface area contributed by atoms with Crippen LogP contribution in [0.25, 0.3) is 0 Å². The number of anilines is 3. The summed E-state index contributed by atoms with van der Waals surface area (Å²) in [5, 5.41) is 4.62. The monoisotopic (exact) mass is 497 g/mol. The van der Waals surface area contributed by atoms with Crippen LogP contribution in [-0.2, 0) is 6.54 Å². The summed E-state index contributed by atoms with van der Waals surface area (Å²) < 4.78 is 1.31. The Labute approximate surface area is 207 Å². The molecule has 0 atom stereocenters. The Hall–Kier alpha value is -3.66. The lowest BCUT2D eigenvalue weighted by atomic mass is 10.1. The van der Waals surface area contributed by atoms with Crippen LogP contribution in [0.2, 0.25) is 0 Å². The number of thiophene rings is 1. The topological polar surface area (TPSA) is 130 Å². The molecule has 0 bridgehead atoms. The molecule has 9 nitrogen and oxygen atoms in total. The second kappa shape index (κ2) is 12.2. The normalized spacial score (nSPS) is 10.8. The number of carbonyl (C=O) groups is 2. The minimum Gasteiger partial charge on any atom is -0.383 e. The average Bonchev–Trinajstić information content (AvgIpc) is 3.38. The van der Waals surface area contributed by atoms with Crippen molar-refractivity contribution in [2.24, 2.45) is 0 Å². The zero-order valence-electron chi connectivity index (χ0n) is 20.0. The van der Waals surface area contributed by atoms with E-state index < -0.39 is 17.2 Å². The van der Waals surface area contributed by atoms with Crippen LogP contribution in [0.4, 0.5) is 17.2 Å². The van der Waals surface area contributed by atoms with Crippen molar-refractivity contribution in [2.75, 3.05) is 22.5 Å². The third-order valence-corrected chi connectivity index (χ3v) is 6.45. The van der Waals surface area contributed by atoms with Gasteiger partial charge in [0.25, 0.3) is 17.4 Å². The molecule has 10 heteroatoms. The highest BCUT2D eigenvalue weighted by Gasteiger charge is 2.25. The second-order valence-electron chi connectivity index (χ2n) is 8.17. The van der Waals surface area contributed by atoms with Crippen LogP contribution >= 0.6 is 11.3 Å². The van der Waals surface area contributed by atoms with E-state index in [1.54, 1.807) is 36.4 Å². The number of H-pyrrole nitrogens is 1. The van der Waals surface area contributed by atoms with Gasteiger partial charge in [-0.3, -0.25) is 23.9 Å². The highest BCUT2D eigenvalue weighted by molar-refractivity contribution is 7.12. The minimum atomic E-state index is -0.690. The Morgan fingerprint density at radius 3 is 2.40 bits per heavy atom. The number of rotatable bonds is 11. The molecular weight excluding hydrogens is 466 g/mol. The highest BCUT2D eigenvalue weighted by atomic mass is 32.1. The minimum absolute atomic E-state index is 0.0168. The van der Waals surface area contributed by atoms with Gasteiger partial charge in [-0.15, -0.1) is 11.3 Å². The predicted molar refractivity (Wildman–Crippen MR) is 141 cm³/mol. The van der Waals surface area contributed by atoms with E-state index in [4.69, 9.17) is 5.73 Å². The van der Waals surface area contributed by atoms with Gasteiger partial charge in [-0.1, -0.05) is 39.2 Å². The smallest absolute Gasteiger partial charge is 0.330 e. The zero-order valence-corrected chi connectivity index (χ0v) is 20.8. The largest absolute Gasteiger partial charge is 0.383 e. The molecular formula is C25H31N5O4S. The predicted octanol–water partition coefficient (Wildman–Crippen LogP) is 4.07. The van der Waals surface area contributed by atoms with E-state index in [1.807, 2.05) is 19.2 Å². The van der Waals surface area contributed by atoms with Crippen molar-refractivity contribution in [3.63, 3.8) is 0 Å². The van der Waals surface area contributed by atoms with Gasteiger partial charge in [0.05, 0.1) is 4.88 Å². The summed E-state index contributed by atoms with van der Waals surface area (Å²) in [5.41, 5.74) is 5.86. The molecule has 0 fully saturated rings. The summed E-state index contributed by atoms with van der Waals surface area (Å²) in [5.74, 6) is -0.652. The number of hydrogen-bond acceptors (Lipinski definition) is 6. The van der Waals surface area contributed by atoms with E-state index in [0.29, 0.717) is 35.5 Å². The molecule has 0 spiro atoms. The number of benzene rings is 1. The van der Waals surface area contributed by atoms with Crippen molar-refractivity contribution >= 4 is 40.3 Å². The Morgan fingerprint density at radius 2 is 1.77 bits per heavy atom. The first-order valence-corrected chi connectivity index (χ1v) is 12.6. The third kappa shape index (κ3) is 6.27. The number of unbranched alkanes of at least 4 members (excludes halogenated alkanes) is 3. The van der Waals surface area contributed by atoms with Gasteiger partial charge < -0.3 is 16.0 Å². The number of nitrogens with zero attached hydrogens (tertiary/aromatic N) is 2. The molecule has 0 aliphatic heterocycles. The van der Waals surface area contributed by atoms with Crippen molar-refractivity contribution < 1.29 is 9.59 Å². The maximum atomic E-state index is 13.5. The van der Waals surface area contributed by atoms with E-state index in [1.165, 1.54) is 20.8 Å². The van der Waals surface area contributed by atoms with E-state index in [-0.39, 0.29) is 24.0 Å². The van der Waals surface area contributed by atoms with Gasteiger partial charge in [0, 0.05) is 24.3 Å². The SMILES string of the molecule is CCCCCN(C(=O)c1ccc(NC(=O)c2cccs2)cc1)c1c(N)n(CCCC)c(=O)[nH]c1=O. The van der Waals surface area contributed by atoms with Crippen LogP contribution in [0.1, 0.15) is 66.0 Å². The van der Waals surface area contributed by atoms with Crippen LogP contribution in [0.5, 0.6) is 0 Å². The summed E-state index contributed by atoms with van der Waals surface area (Å²) in [6, 6.07) is 9.99. The zero-order chi connectivity index (χ0) is 25.4. The van der Waals surface area contributed by atoms with Crippen LogP contribution in [0, 0.1) is 0 Å². The Morgan fingerprint density at radius 1 is 1.06 bits per heavy atom. The van der Waals surface area contributed by atoms with Gasteiger partial charge in [0.1, 0.15) is 5.82 Å². The van der Waals surface area contributed by atoms with Crippen molar-refractivity contribution in [3.05, 3.63) is 73.1 Å². The molecule has 3 rings (SSSR count). The molecule has 0 saturated heterocycles. The number of nitrogen functional groups attached to an aromatic ring is 1. The molecule has 2 heterocycles. The lowest BCUT2D eigenvalue weighted by molar-refractivity contribution is 0.0985. The van der Waals surface area contributed by atoms with Crippen molar-refractivity contribution in [2.45, 2.75) is 52.5 Å². The number of aromatic nitrogens is 2. The number of carbonyl (C=O) groups excluding carboxylic acids is 2. The Balaban J connectivity index is 1.91. The van der Waals surface area contributed by atoms with E-state index in [2.05, 4.69) is 10.3 Å². The first kappa shape index (κ1) is 26.0. The third-order valence-electron chi connectivity index (χ3n) is 5.58. The molecule has 3 aromatic rings. The molecule has 0 radical (unpaired) electrons. The summed E-state index contributed by atoms with van der Waals surface area (Å²) >= 11 is 1.34. The molecule has 0 saturated carbocycles. The van der Waals surface area contributed by atoms with Crippen molar-refractivity contribution in [1.82, 2.24) is 9.55 Å².